The second-order valence-electron chi connectivity index (χ2n) is 6.40. The Labute approximate surface area is 163 Å². The van der Waals surface area contributed by atoms with Gasteiger partial charge < -0.3 is 10.1 Å². The number of carbonyl (C=O) groups is 1. The first-order chi connectivity index (χ1) is 12.8. The van der Waals surface area contributed by atoms with Gasteiger partial charge in [0.1, 0.15) is 11.8 Å². The second-order valence-corrected chi connectivity index (χ2v) is 9.54. The zero-order valence-electron chi connectivity index (χ0n) is 15.6. The molecule has 27 heavy (non-hydrogen) atoms. The Morgan fingerprint density at radius 2 is 2.07 bits per heavy atom. The molecule has 0 saturated carbocycles. The van der Waals surface area contributed by atoms with E-state index in [9.17, 15) is 13.2 Å². The largest absolute Gasteiger partial charge is 0.494 e. The maximum Gasteiger partial charge on any atom is 0.244 e. The Morgan fingerprint density at radius 1 is 1.37 bits per heavy atom. The quantitative estimate of drug-likeness (QED) is 0.792. The van der Waals surface area contributed by atoms with Crippen molar-refractivity contribution in [2.75, 3.05) is 24.7 Å². The van der Waals surface area contributed by atoms with E-state index in [1.165, 1.54) is 15.6 Å². The summed E-state index contributed by atoms with van der Waals surface area (Å²) in [6.07, 6.45) is 2.34. The number of hydrogen-bond acceptors (Lipinski definition) is 6. The molecule has 1 aliphatic heterocycles. The number of aromatic nitrogens is 1. The molecule has 1 amide bonds. The van der Waals surface area contributed by atoms with Crippen LogP contribution in [0.2, 0.25) is 0 Å². The maximum absolute atomic E-state index is 12.6. The zero-order valence-corrected chi connectivity index (χ0v) is 17.2. The summed E-state index contributed by atoms with van der Waals surface area (Å²) in [6, 6.07) is 6.97. The smallest absolute Gasteiger partial charge is 0.244 e. The Bertz CT molecular complexity index is 923. The van der Waals surface area contributed by atoms with Gasteiger partial charge in [-0.15, -0.1) is 11.3 Å². The van der Waals surface area contributed by atoms with E-state index < -0.39 is 16.1 Å². The molecule has 0 aliphatic carbocycles. The van der Waals surface area contributed by atoms with Crippen molar-refractivity contribution < 1.29 is 17.9 Å². The SMILES string of the molecule is CCOc1ccc(-c2nc(NC(=O)C3CCCN3S(C)(=O)=O)sc2C)cc1. The Morgan fingerprint density at radius 3 is 2.70 bits per heavy atom. The van der Waals surface area contributed by atoms with Gasteiger partial charge in [0.15, 0.2) is 5.13 Å². The Kier molecular flexibility index (Phi) is 5.83. The van der Waals surface area contributed by atoms with Crippen LogP contribution in [-0.2, 0) is 14.8 Å². The van der Waals surface area contributed by atoms with Gasteiger partial charge in [0, 0.05) is 17.0 Å². The van der Waals surface area contributed by atoms with Gasteiger partial charge in [0.2, 0.25) is 15.9 Å². The molecule has 2 heterocycles. The summed E-state index contributed by atoms with van der Waals surface area (Å²) in [5.41, 5.74) is 1.73. The minimum Gasteiger partial charge on any atom is -0.494 e. The number of amides is 1. The lowest BCUT2D eigenvalue weighted by atomic mass is 10.1. The van der Waals surface area contributed by atoms with E-state index in [1.54, 1.807) is 0 Å². The highest BCUT2D eigenvalue weighted by molar-refractivity contribution is 7.88. The third-order valence-corrected chi connectivity index (χ3v) is 6.57. The molecule has 1 fully saturated rings. The molecule has 1 aromatic carbocycles. The molecule has 7 nitrogen and oxygen atoms in total. The average molecular weight is 410 g/mol. The standard InChI is InChI=1S/C18H23N3O4S2/c1-4-25-14-9-7-13(8-10-14)16-12(2)26-18(19-16)20-17(22)15-6-5-11-21(15)27(3,23)24/h7-10,15H,4-6,11H2,1-3H3,(H,19,20,22). The normalized spacial score (nSPS) is 17.8. The fourth-order valence-corrected chi connectivity index (χ4v) is 5.14. The van der Waals surface area contributed by atoms with Gasteiger partial charge >= 0.3 is 0 Å². The first kappa shape index (κ1) is 19.8. The van der Waals surface area contributed by atoms with Crippen molar-refractivity contribution >= 4 is 32.4 Å². The van der Waals surface area contributed by atoms with Crippen molar-refractivity contribution in [3.63, 3.8) is 0 Å². The van der Waals surface area contributed by atoms with Gasteiger partial charge in [0.05, 0.1) is 18.6 Å². The summed E-state index contributed by atoms with van der Waals surface area (Å²) in [6.45, 7) is 4.86. The van der Waals surface area contributed by atoms with E-state index in [1.807, 2.05) is 38.1 Å². The predicted molar refractivity (Wildman–Crippen MR) is 107 cm³/mol. The van der Waals surface area contributed by atoms with E-state index in [4.69, 9.17) is 4.74 Å². The maximum atomic E-state index is 12.6. The Balaban J connectivity index is 1.75. The van der Waals surface area contributed by atoms with Crippen molar-refractivity contribution in [1.29, 1.82) is 0 Å². The third-order valence-electron chi connectivity index (χ3n) is 4.40. The number of carbonyl (C=O) groups excluding carboxylic acids is 1. The first-order valence-electron chi connectivity index (χ1n) is 8.78. The number of anilines is 1. The lowest BCUT2D eigenvalue weighted by molar-refractivity contribution is -0.119. The van der Waals surface area contributed by atoms with Crippen LogP contribution < -0.4 is 10.1 Å². The van der Waals surface area contributed by atoms with Gasteiger partial charge in [-0.3, -0.25) is 4.79 Å². The molecule has 1 atom stereocenters. The van der Waals surface area contributed by atoms with Crippen LogP contribution >= 0.6 is 11.3 Å². The highest BCUT2D eigenvalue weighted by atomic mass is 32.2. The summed E-state index contributed by atoms with van der Waals surface area (Å²) in [4.78, 5) is 18.1. The summed E-state index contributed by atoms with van der Waals surface area (Å²) < 4.78 is 30.4. The van der Waals surface area contributed by atoms with Crippen molar-refractivity contribution in [3.05, 3.63) is 29.1 Å². The molecule has 3 rings (SSSR count). The number of thiazole rings is 1. The van der Waals surface area contributed by atoms with E-state index in [-0.39, 0.29) is 5.91 Å². The van der Waals surface area contributed by atoms with Crippen molar-refractivity contribution in [2.45, 2.75) is 32.7 Å². The minimum atomic E-state index is -3.40. The molecular formula is C18H23N3O4S2. The van der Waals surface area contributed by atoms with E-state index in [0.29, 0.717) is 31.1 Å². The van der Waals surface area contributed by atoms with Crippen LogP contribution in [0, 0.1) is 6.92 Å². The number of ether oxygens (including phenoxy) is 1. The van der Waals surface area contributed by atoms with Crippen LogP contribution in [0.1, 0.15) is 24.6 Å². The van der Waals surface area contributed by atoms with Crippen LogP contribution in [0.4, 0.5) is 5.13 Å². The average Bonchev–Trinajstić information content (AvgIpc) is 3.23. The van der Waals surface area contributed by atoms with Crippen LogP contribution in [0.3, 0.4) is 0 Å². The number of rotatable bonds is 6. The molecule has 0 bridgehead atoms. The highest BCUT2D eigenvalue weighted by Gasteiger charge is 2.36. The summed E-state index contributed by atoms with van der Waals surface area (Å²) >= 11 is 1.38. The Hall–Kier alpha value is -1.97. The molecule has 2 aromatic rings. The van der Waals surface area contributed by atoms with Crippen molar-refractivity contribution in [2.24, 2.45) is 0 Å². The van der Waals surface area contributed by atoms with E-state index in [0.717, 1.165) is 28.1 Å². The van der Waals surface area contributed by atoms with E-state index in [2.05, 4.69) is 10.3 Å². The summed E-state index contributed by atoms with van der Waals surface area (Å²) in [5, 5.41) is 3.26. The van der Waals surface area contributed by atoms with Crippen LogP contribution in [0.15, 0.2) is 24.3 Å². The fraction of sp³-hybridized carbons (Fsp3) is 0.444. The minimum absolute atomic E-state index is 0.329. The molecule has 1 unspecified atom stereocenters. The fourth-order valence-electron chi connectivity index (χ4n) is 3.18. The monoisotopic (exact) mass is 409 g/mol. The van der Waals surface area contributed by atoms with Gasteiger partial charge in [-0.05, 0) is 51.0 Å². The molecule has 1 aromatic heterocycles. The molecule has 1 aliphatic rings. The highest BCUT2D eigenvalue weighted by Crippen LogP contribution is 2.32. The molecule has 1 N–H and O–H groups in total. The zero-order chi connectivity index (χ0) is 19.6. The molecular weight excluding hydrogens is 386 g/mol. The van der Waals surface area contributed by atoms with Gasteiger partial charge in [0.25, 0.3) is 0 Å². The molecule has 9 heteroatoms. The number of nitrogens with zero attached hydrogens (tertiary/aromatic N) is 2. The van der Waals surface area contributed by atoms with Gasteiger partial charge in [-0.1, -0.05) is 0 Å². The second kappa shape index (κ2) is 7.95. The van der Waals surface area contributed by atoms with Crippen LogP contribution in [0.5, 0.6) is 5.75 Å². The molecule has 0 radical (unpaired) electrons. The van der Waals surface area contributed by atoms with E-state index >= 15 is 0 Å². The molecule has 146 valence electrons. The van der Waals surface area contributed by atoms with Crippen molar-refractivity contribution in [3.8, 4) is 17.0 Å². The lowest BCUT2D eigenvalue weighted by Crippen LogP contribution is -2.42. The molecule has 0 spiro atoms. The first-order valence-corrected chi connectivity index (χ1v) is 11.4. The number of benzene rings is 1. The third kappa shape index (κ3) is 4.48. The number of nitrogens with one attached hydrogen (secondary N) is 1. The predicted octanol–water partition coefficient (Wildman–Crippen LogP) is 2.88. The number of sulfonamides is 1. The topological polar surface area (TPSA) is 88.6 Å². The van der Waals surface area contributed by atoms with Crippen LogP contribution in [0.25, 0.3) is 11.3 Å². The number of hydrogen-bond donors (Lipinski definition) is 1. The van der Waals surface area contributed by atoms with Crippen LogP contribution in [-0.4, -0.2) is 49.1 Å². The lowest BCUT2D eigenvalue weighted by Gasteiger charge is -2.20. The van der Waals surface area contributed by atoms with Crippen molar-refractivity contribution in [1.82, 2.24) is 9.29 Å². The molecule has 1 saturated heterocycles. The summed E-state index contributed by atoms with van der Waals surface area (Å²) in [7, 11) is -3.40. The number of aryl methyl sites for hydroxylation is 1. The summed E-state index contributed by atoms with van der Waals surface area (Å²) in [5.74, 6) is 0.467. The van der Waals surface area contributed by atoms with Gasteiger partial charge in [-0.25, -0.2) is 13.4 Å². The van der Waals surface area contributed by atoms with Gasteiger partial charge in [-0.2, -0.15) is 4.31 Å².